The van der Waals surface area contributed by atoms with Crippen molar-refractivity contribution in [2.24, 2.45) is 0 Å². The molecule has 166 valence electrons. The van der Waals surface area contributed by atoms with Crippen molar-refractivity contribution < 1.29 is 9.26 Å². The molecule has 0 aliphatic rings. The van der Waals surface area contributed by atoms with E-state index in [0.29, 0.717) is 17.5 Å². The second-order valence-electron chi connectivity index (χ2n) is 8.44. The van der Waals surface area contributed by atoms with Crippen molar-refractivity contribution in [1.82, 2.24) is 24.9 Å². The molecule has 32 heavy (non-hydrogen) atoms. The molecule has 0 aliphatic heterocycles. The smallest absolute Gasteiger partial charge is 0.237 e. The van der Waals surface area contributed by atoms with Gasteiger partial charge in [-0.3, -0.25) is 0 Å². The molecule has 7 nitrogen and oxygen atoms in total. The summed E-state index contributed by atoms with van der Waals surface area (Å²) < 4.78 is 13.2. The molecule has 2 heterocycles. The monoisotopic (exact) mass is 449 g/mol. The van der Waals surface area contributed by atoms with E-state index in [1.807, 2.05) is 30.3 Å². The van der Waals surface area contributed by atoms with E-state index in [0.717, 1.165) is 35.3 Å². The molecule has 2 aromatic carbocycles. The van der Waals surface area contributed by atoms with Crippen molar-refractivity contribution in [2.45, 2.75) is 50.1 Å². The number of rotatable bonds is 8. The van der Waals surface area contributed by atoms with Gasteiger partial charge >= 0.3 is 0 Å². The van der Waals surface area contributed by atoms with Gasteiger partial charge in [0.1, 0.15) is 5.75 Å². The molecule has 4 aromatic rings. The fourth-order valence-corrected chi connectivity index (χ4v) is 4.06. The third-order valence-corrected chi connectivity index (χ3v) is 5.95. The zero-order chi connectivity index (χ0) is 22.6. The summed E-state index contributed by atoms with van der Waals surface area (Å²) in [5.74, 6) is 3.36. The van der Waals surface area contributed by atoms with Crippen LogP contribution in [0.15, 0.2) is 64.3 Å². The van der Waals surface area contributed by atoms with Crippen LogP contribution in [0, 0.1) is 0 Å². The maximum absolute atomic E-state index is 5.57. The van der Waals surface area contributed by atoms with Crippen LogP contribution in [0.1, 0.15) is 38.0 Å². The van der Waals surface area contributed by atoms with Gasteiger partial charge in [0.05, 0.1) is 18.4 Å². The minimum absolute atomic E-state index is 0.154. The highest BCUT2D eigenvalue weighted by atomic mass is 32.2. The molecular formula is C24H27N5O2S. The molecule has 0 N–H and O–H groups in total. The number of para-hydroxylation sites is 1. The van der Waals surface area contributed by atoms with Gasteiger partial charge in [0, 0.05) is 12.0 Å². The van der Waals surface area contributed by atoms with Crippen molar-refractivity contribution >= 4 is 11.8 Å². The SMILES string of the molecule is COc1ccccc1-c1nnc(SCc2nc(C(C)(C)C)no2)n1CCc1ccccc1. The number of ether oxygens (including phenoxy) is 1. The Labute approximate surface area is 192 Å². The van der Waals surface area contributed by atoms with Crippen molar-refractivity contribution in [3.63, 3.8) is 0 Å². The van der Waals surface area contributed by atoms with Crippen molar-refractivity contribution in [2.75, 3.05) is 7.11 Å². The first kappa shape index (κ1) is 22.1. The highest BCUT2D eigenvalue weighted by Crippen LogP contribution is 2.32. The minimum atomic E-state index is -0.154. The van der Waals surface area contributed by atoms with Crippen LogP contribution in [0.4, 0.5) is 0 Å². The average Bonchev–Trinajstić information content (AvgIpc) is 3.44. The van der Waals surface area contributed by atoms with Crippen LogP contribution >= 0.6 is 11.8 Å². The quantitative estimate of drug-likeness (QED) is 0.343. The lowest BCUT2D eigenvalue weighted by atomic mass is 9.96. The zero-order valence-electron chi connectivity index (χ0n) is 18.8. The van der Waals surface area contributed by atoms with Gasteiger partial charge in [-0.05, 0) is 24.1 Å². The minimum Gasteiger partial charge on any atom is -0.496 e. The number of hydrogen-bond donors (Lipinski definition) is 0. The summed E-state index contributed by atoms with van der Waals surface area (Å²) in [6.07, 6.45) is 0.864. The van der Waals surface area contributed by atoms with E-state index in [4.69, 9.17) is 9.26 Å². The van der Waals surface area contributed by atoms with Crippen LogP contribution in [0.25, 0.3) is 11.4 Å². The summed E-state index contributed by atoms with van der Waals surface area (Å²) in [4.78, 5) is 4.54. The number of benzene rings is 2. The van der Waals surface area contributed by atoms with Gasteiger partial charge in [0.2, 0.25) is 5.89 Å². The van der Waals surface area contributed by atoms with Gasteiger partial charge < -0.3 is 13.8 Å². The number of hydrogen-bond acceptors (Lipinski definition) is 7. The molecule has 0 atom stereocenters. The second kappa shape index (κ2) is 9.56. The van der Waals surface area contributed by atoms with E-state index < -0.39 is 0 Å². The Kier molecular flexibility index (Phi) is 6.60. The number of nitrogens with zero attached hydrogens (tertiary/aromatic N) is 5. The Morgan fingerprint density at radius 1 is 1.00 bits per heavy atom. The largest absolute Gasteiger partial charge is 0.496 e. The first-order valence-corrected chi connectivity index (χ1v) is 11.5. The fourth-order valence-electron chi connectivity index (χ4n) is 3.26. The predicted octanol–water partition coefficient (Wildman–Crippen LogP) is 5.17. The van der Waals surface area contributed by atoms with Crippen molar-refractivity contribution in [3.8, 4) is 17.1 Å². The van der Waals surface area contributed by atoms with Crippen LogP contribution < -0.4 is 4.74 Å². The molecule has 0 saturated carbocycles. The van der Waals surface area contributed by atoms with Gasteiger partial charge in [-0.25, -0.2) is 0 Å². The summed E-state index contributed by atoms with van der Waals surface area (Å²) in [5.41, 5.74) is 2.02. The Morgan fingerprint density at radius 3 is 2.47 bits per heavy atom. The first-order chi connectivity index (χ1) is 15.5. The van der Waals surface area contributed by atoms with Crippen LogP contribution in [0.2, 0.25) is 0 Å². The maximum atomic E-state index is 5.57. The summed E-state index contributed by atoms with van der Waals surface area (Å²) >= 11 is 1.54. The fraction of sp³-hybridized carbons (Fsp3) is 0.333. The van der Waals surface area contributed by atoms with Crippen LogP contribution in [-0.2, 0) is 24.1 Å². The molecule has 0 fully saturated rings. The molecule has 0 saturated heterocycles. The molecule has 2 aromatic heterocycles. The lowest BCUT2D eigenvalue weighted by molar-refractivity contribution is 0.372. The summed E-state index contributed by atoms with van der Waals surface area (Å²) in [6.45, 7) is 6.93. The number of thioether (sulfide) groups is 1. The molecule has 0 spiro atoms. The number of methoxy groups -OCH3 is 1. The van der Waals surface area contributed by atoms with Crippen LogP contribution in [0.3, 0.4) is 0 Å². The molecule has 0 amide bonds. The second-order valence-corrected chi connectivity index (χ2v) is 9.39. The molecule has 0 unspecified atom stereocenters. The first-order valence-electron chi connectivity index (χ1n) is 10.5. The summed E-state index contributed by atoms with van der Waals surface area (Å²) in [7, 11) is 1.67. The Balaban J connectivity index is 1.61. The molecule has 0 bridgehead atoms. The van der Waals surface area contributed by atoms with Gasteiger partial charge in [0.25, 0.3) is 0 Å². The molecule has 0 aliphatic carbocycles. The van der Waals surface area contributed by atoms with Crippen LogP contribution in [0.5, 0.6) is 5.75 Å². The predicted molar refractivity (Wildman–Crippen MR) is 125 cm³/mol. The normalized spacial score (nSPS) is 11.6. The van der Waals surface area contributed by atoms with Gasteiger partial charge in [-0.1, -0.05) is 80.2 Å². The topological polar surface area (TPSA) is 78.9 Å². The van der Waals surface area contributed by atoms with E-state index >= 15 is 0 Å². The standard InChI is InChI=1S/C24H27N5O2S/c1-24(2,3)22-25-20(31-28-22)16-32-23-27-26-21(18-12-8-9-13-19(18)30-4)29(23)15-14-17-10-6-5-7-11-17/h5-13H,14-16H2,1-4H3. The lowest BCUT2D eigenvalue weighted by Crippen LogP contribution is -2.13. The Morgan fingerprint density at radius 2 is 1.75 bits per heavy atom. The van der Waals surface area contributed by atoms with Gasteiger partial charge in [-0.15, -0.1) is 10.2 Å². The summed E-state index contributed by atoms with van der Waals surface area (Å²) in [6, 6.07) is 18.3. The Bertz CT molecular complexity index is 1160. The van der Waals surface area contributed by atoms with E-state index in [-0.39, 0.29) is 5.41 Å². The molecule has 0 radical (unpaired) electrons. The van der Waals surface area contributed by atoms with Gasteiger partial charge in [-0.2, -0.15) is 4.98 Å². The summed E-state index contributed by atoms with van der Waals surface area (Å²) in [5, 5.41) is 13.9. The molecule has 8 heteroatoms. The number of aromatic nitrogens is 5. The van der Waals surface area contributed by atoms with Crippen molar-refractivity contribution in [1.29, 1.82) is 0 Å². The van der Waals surface area contributed by atoms with E-state index in [1.54, 1.807) is 18.9 Å². The van der Waals surface area contributed by atoms with Gasteiger partial charge in [0.15, 0.2) is 16.8 Å². The van der Waals surface area contributed by atoms with E-state index in [2.05, 4.69) is 69.9 Å². The lowest BCUT2D eigenvalue weighted by Gasteiger charge is -2.12. The van der Waals surface area contributed by atoms with E-state index in [9.17, 15) is 0 Å². The Hall–Kier alpha value is -3.13. The average molecular weight is 450 g/mol. The molecule has 4 rings (SSSR count). The number of aryl methyl sites for hydroxylation is 1. The van der Waals surface area contributed by atoms with Crippen LogP contribution in [-0.4, -0.2) is 32.0 Å². The highest BCUT2D eigenvalue weighted by Gasteiger charge is 2.22. The highest BCUT2D eigenvalue weighted by molar-refractivity contribution is 7.98. The third-order valence-electron chi connectivity index (χ3n) is 5.00. The van der Waals surface area contributed by atoms with Crippen molar-refractivity contribution in [3.05, 3.63) is 71.9 Å². The van der Waals surface area contributed by atoms with E-state index in [1.165, 1.54) is 5.56 Å². The zero-order valence-corrected chi connectivity index (χ0v) is 19.6. The third kappa shape index (κ3) is 5.02. The molecular weight excluding hydrogens is 422 g/mol. The maximum Gasteiger partial charge on any atom is 0.237 e.